The maximum Gasteiger partial charge on any atom is 0.339 e. The van der Waals surface area contributed by atoms with Crippen LogP contribution < -0.4 is 0 Å². The Morgan fingerprint density at radius 1 is 1.00 bits per heavy atom. The molecule has 0 amide bonds. The van der Waals surface area contributed by atoms with Crippen molar-refractivity contribution in [1.82, 2.24) is 0 Å². The molecule has 1 rings (SSSR count). The van der Waals surface area contributed by atoms with Crippen LogP contribution in [0.5, 0.6) is 0 Å². The van der Waals surface area contributed by atoms with Crippen molar-refractivity contribution in [2.75, 3.05) is 13.2 Å². The first-order valence-corrected chi connectivity index (χ1v) is 7.17. The second kappa shape index (κ2) is 9.02. The molecule has 9 heteroatoms. The Hall–Kier alpha value is -2.42. The molecule has 0 aromatic heterocycles. The summed E-state index contributed by atoms with van der Waals surface area (Å²) >= 11 is 0. The molecule has 0 aromatic rings. The van der Waals surface area contributed by atoms with E-state index in [2.05, 4.69) is 6.58 Å². The Morgan fingerprint density at radius 2 is 1.54 bits per heavy atom. The molecule has 4 atom stereocenters. The molecule has 0 aromatic carbocycles. The van der Waals surface area contributed by atoms with Gasteiger partial charge in [-0.3, -0.25) is 14.4 Å². The van der Waals surface area contributed by atoms with Gasteiger partial charge in [-0.15, -0.1) is 0 Å². The monoisotopic (exact) mass is 344 g/mol. The van der Waals surface area contributed by atoms with Crippen molar-refractivity contribution in [1.29, 1.82) is 0 Å². The summed E-state index contributed by atoms with van der Waals surface area (Å²) in [4.78, 5) is 46.0. The third kappa shape index (κ3) is 5.65. The molecule has 24 heavy (non-hydrogen) atoms. The summed E-state index contributed by atoms with van der Waals surface area (Å²) in [6, 6.07) is 0. The third-order valence-electron chi connectivity index (χ3n) is 2.93. The third-order valence-corrected chi connectivity index (χ3v) is 2.93. The zero-order chi connectivity index (χ0) is 18.3. The molecule has 0 bridgehead atoms. The van der Waals surface area contributed by atoms with Gasteiger partial charge < -0.3 is 23.7 Å². The molecular formula is C15H20O9. The van der Waals surface area contributed by atoms with Crippen LogP contribution in [0.1, 0.15) is 20.8 Å². The fourth-order valence-electron chi connectivity index (χ4n) is 2.17. The Bertz CT molecular complexity index is 513. The van der Waals surface area contributed by atoms with E-state index < -0.39 is 48.3 Å². The van der Waals surface area contributed by atoms with Crippen molar-refractivity contribution < 1.29 is 42.9 Å². The lowest BCUT2D eigenvalue weighted by atomic mass is 9.99. The molecule has 4 unspecified atom stereocenters. The van der Waals surface area contributed by atoms with Crippen molar-refractivity contribution in [2.24, 2.45) is 0 Å². The quantitative estimate of drug-likeness (QED) is 0.370. The molecule has 1 aliphatic heterocycles. The van der Waals surface area contributed by atoms with Crippen molar-refractivity contribution in [3.63, 3.8) is 0 Å². The first-order valence-electron chi connectivity index (χ1n) is 7.17. The van der Waals surface area contributed by atoms with E-state index in [4.69, 9.17) is 23.7 Å². The molecule has 1 aliphatic rings. The van der Waals surface area contributed by atoms with Gasteiger partial charge in [0, 0.05) is 20.8 Å². The summed E-state index contributed by atoms with van der Waals surface area (Å²) in [5, 5.41) is 0. The van der Waals surface area contributed by atoms with E-state index in [0.717, 1.165) is 20.8 Å². The molecule has 0 spiro atoms. The van der Waals surface area contributed by atoms with Crippen LogP contribution in [-0.4, -0.2) is 61.5 Å². The maximum atomic E-state index is 12.1. The molecular weight excluding hydrogens is 324 g/mol. The average Bonchev–Trinajstić information content (AvgIpc) is 2.46. The number of esters is 4. The summed E-state index contributed by atoms with van der Waals surface area (Å²) in [5.74, 6) is -2.89. The fraction of sp³-hybridized carbons (Fsp3) is 0.600. The highest BCUT2D eigenvalue weighted by atomic mass is 16.7. The van der Waals surface area contributed by atoms with Crippen molar-refractivity contribution in [3.8, 4) is 0 Å². The van der Waals surface area contributed by atoms with Gasteiger partial charge in [0.05, 0.1) is 6.61 Å². The predicted octanol–water partition coefficient (Wildman–Crippen LogP) is -0.0905. The van der Waals surface area contributed by atoms with Gasteiger partial charge in [-0.1, -0.05) is 12.7 Å². The summed E-state index contributed by atoms with van der Waals surface area (Å²) in [6.07, 6.45) is -3.52. The summed E-state index contributed by atoms with van der Waals surface area (Å²) in [6.45, 7) is 6.52. The van der Waals surface area contributed by atoms with Gasteiger partial charge in [0.2, 0.25) is 0 Å². The molecule has 1 saturated heterocycles. The number of ether oxygens (including phenoxy) is 5. The number of rotatable bonds is 6. The molecule has 0 N–H and O–H groups in total. The van der Waals surface area contributed by atoms with Crippen molar-refractivity contribution in [2.45, 2.75) is 45.2 Å². The lowest BCUT2D eigenvalue weighted by Crippen LogP contribution is -2.59. The average molecular weight is 344 g/mol. The highest BCUT2D eigenvalue weighted by molar-refractivity contribution is 5.77. The van der Waals surface area contributed by atoms with E-state index in [1.807, 2.05) is 0 Å². The summed E-state index contributed by atoms with van der Waals surface area (Å²) in [5.41, 5.74) is 0. The van der Waals surface area contributed by atoms with Crippen LogP contribution in [0.4, 0.5) is 0 Å². The van der Waals surface area contributed by atoms with E-state index in [9.17, 15) is 19.2 Å². The first kappa shape index (κ1) is 19.6. The van der Waals surface area contributed by atoms with E-state index >= 15 is 0 Å². The van der Waals surface area contributed by atoms with Gasteiger partial charge in [-0.25, -0.2) is 4.79 Å². The van der Waals surface area contributed by atoms with Crippen LogP contribution in [0.25, 0.3) is 0 Å². The Balaban J connectivity index is 3.07. The van der Waals surface area contributed by atoms with Gasteiger partial charge in [0.15, 0.2) is 24.4 Å². The number of carbonyl (C=O) groups excluding carboxylic acids is 4. The normalized spacial score (nSPS) is 26.0. The smallest absolute Gasteiger partial charge is 0.339 e. The molecule has 1 heterocycles. The Kier molecular flexibility index (Phi) is 7.37. The second-order valence-electron chi connectivity index (χ2n) is 4.97. The van der Waals surface area contributed by atoms with Crippen LogP contribution in [0, 0.1) is 0 Å². The van der Waals surface area contributed by atoms with Crippen LogP contribution in [-0.2, 0) is 42.9 Å². The van der Waals surface area contributed by atoms with Crippen LogP contribution in [0.2, 0.25) is 0 Å². The van der Waals surface area contributed by atoms with Crippen LogP contribution in [0.15, 0.2) is 12.7 Å². The molecule has 9 nitrogen and oxygen atoms in total. The maximum absolute atomic E-state index is 12.1. The highest BCUT2D eigenvalue weighted by Gasteiger charge is 2.50. The van der Waals surface area contributed by atoms with Crippen molar-refractivity contribution >= 4 is 23.9 Å². The minimum atomic E-state index is -1.33. The predicted molar refractivity (Wildman–Crippen MR) is 77.6 cm³/mol. The van der Waals surface area contributed by atoms with Crippen LogP contribution in [0.3, 0.4) is 0 Å². The Labute approximate surface area is 138 Å². The van der Waals surface area contributed by atoms with Gasteiger partial charge in [-0.05, 0) is 0 Å². The minimum Gasteiger partial charge on any atom is -0.459 e. The highest BCUT2D eigenvalue weighted by Crippen LogP contribution is 2.25. The molecule has 134 valence electrons. The largest absolute Gasteiger partial charge is 0.459 e. The zero-order valence-corrected chi connectivity index (χ0v) is 13.7. The van der Waals surface area contributed by atoms with Gasteiger partial charge in [0.1, 0.15) is 6.61 Å². The van der Waals surface area contributed by atoms with Gasteiger partial charge >= 0.3 is 23.9 Å². The standard InChI is InChI=1S/C15H20O9/c1-5-6-20-15(19)14-13(24-10(4)18)12(23-9(3)17)11(7-21-14)22-8(2)16/h5,11-14H,1,6-7H2,2-4H3. The fourth-order valence-corrected chi connectivity index (χ4v) is 2.17. The number of carbonyl (C=O) groups is 4. The SMILES string of the molecule is C=CCOC(=O)C1OCC(OC(C)=O)C(OC(C)=O)C1OC(C)=O. The topological polar surface area (TPSA) is 114 Å². The van der Waals surface area contributed by atoms with Gasteiger partial charge in [-0.2, -0.15) is 0 Å². The van der Waals surface area contributed by atoms with E-state index in [0.29, 0.717) is 0 Å². The Morgan fingerprint density at radius 3 is 2.04 bits per heavy atom. The van der Waals surface area contributed by atoms with E-state index in [1.165, 1.54) is 6.08 Å². The number of hydrogen-bond acceptors (Lipinski definition) is 9. The zero-order valence-electron chi connectivity index (χ0n) is 13.7. The molecule has 0 saturated carbocycles. The first-order chi connectivity index (χ1) is 11.3. The minimum absolute atomic E-state index is 0.0723. The lowest BCUT2D eigenvalue weighted by Gasteiger charge is -2.39. The molecule has 1 fully saturated rings. The molecule has 0 aliphatic carbocycles. The van der Waals surface area contributed by atoms with Crippen molar-refractivity contribution in [3.05, 3.63) is 12.7 Å². The van der Waals surface area contributed by atoms with Gasteiger partial charge in [0.25, 0.3) is 0 Å². The lowest BCUT2D eigenvalue weighted by molar-refractivity contribution is -0.229. The second-order valence-corrected chi connectivity index (χ2v) is 4.97. The van der Waals surface area contributed by atoms with E-state index in [-0.39, 0.29) is 13.2 Å². The van der Waals surface area contributed by atoms with Crippen LogP contribution >= 0.6 is 0 Å². The summed E-state index contributed by atoms with van der Waals surface area (Å²) in [7, 11) is 0. The van der Waals surface area contributed by atoms with E-state index in [1.54, 1.807) is 0 Å². The summed E-state index contributed by atoms with van der Waals surface area (Å²) < 4.78 is 25.4. The number of hydrogen-bond donors (Lipinski definition) is 0. The molecule has 0 radical (unpaired) electrons.